The summed E-state index contributed by atoms with van der Waals surface area (Å²) in [7, 11) is 0. The Morgan fingerprint density at radius 1 is 0.216 bits per heavy atom. The average Bonchev–Trinajstić information content (AvgIpc) is 4.01. The largest absolute Gasteiger partial charge is 0.309 e. The van der Waals surface area contributed by atoms with E-state index in [0.717, 1.165) is 61.4 Å². The molecule has 0 aliphatic rings. The molecule has 0 radical (unpaired) electrons. The van der Waals surface area contributed by atoms with Crippen molar-refractivity contribution in [2.75, 3.05) is 0 Å². The molecule has 346 valence electrons. The molecule has 5 heteroatoms. The van der Waals surface area contributed by atoms with Gasteiger partial charge in [-0.25, -0.2) is 15.0 Å². The van der Waals surface area contributed by atoms with Gasteiger partial charge in [-0.3, -0.25) is 0 Å². The van der Waals surface area contributed by atoms with Crippen LogP contribution in [0.2, 0.25) is 0 Å². The van der Waals surface area contributed by atoms with Gasteiger partial charge < -0.3 is 9.13 Å². The average molecular weight is 944 g/mol. The second kappa shape index (κ2) is 18.0. The van der Waals surface area contributed by atoms with Crippen LogP contribution in [-0.4, -0.2) is 24.1 Å². The monoisotopic (exact) mass is 943 g/mol. The molecule has 74 heavy (non-hydrogen) atoms. The summed E-state index contributed by atoms with van der Waals surface area (Å²) < 4.78 is 4.77. The molecule has 3 heterocycles. The van der Waals surface area contributed by atoms with Crippen molar-refractivity contribution >= 4 is 43.6 Å². The zero-order valence-corrected chi connectivity index (χ0v) is 40.2. The van der Waals surface area contributed by atoms with Gasteiger partial charge in [0.05, 0.1) is 27.8 Å². The molecule has 0 atom stereocenters. The highest BCUT2D eigenvalue weighted by molar-refractivity contribution is 6.11. The topological polar surface area (TPSA) is 48.5 Å². The number of aromatic nitrogens is 5. The highest BCUT2D eigenvalue weighted by Gasteiger charge is 2.19. The first-order chi connectivity index (χ1) is 36.7. The van der Waals surface area contributed by atoms with Gasteiger partial charge in [0, 0.05) is 49.5 Å². The fourth-order valence-electron chi connectivity index (χ4n) is 10.8. The molecule has 0 spiro atoms. The maximum atomic E-state index is 5.17. The minimum Gasteiger partial charge on any atom is -0.309 e. The zero-order valence-electron chi connectivity index (χ0n) is 40.2. The van der Waals surface area contributed by atoms with Gasteiger partial charge in [0.25, 0.3) is 0 Å². The molecule has 0 unspecified atom stereocenters. The Morgan fingerprint density at radius 3 is 1.18 bits per heavy atom. The Labute approximate surface area is 428 Å². The molecular formula is C69H45N5. The van der Waals surface area contributed by atoms with Crippen molar-refractivity contribution in [3.05, 3.63) is 273 Å². The van der Waals surface area contributed by atoms with E-state index in [1.807, 2.05) is 18.2 Å². The van der Waals surface area contributed by atoms with Crippen LogP contribution in [0.4, 0.5) is 0 Å². The summed E-state index contributed by atoms with van der Waals surface area (Å²) in [5.74, 6) is 1.86. The predicted molar refractivity (Wildman–Crippen MR) is 307 cm³/mol. The first-order valence-electron chi connectivity index (χ1n) is 25.1. The molecule has 0 N–H and O–H groups in total. The van der Waals surface area contributed by atoms with E-state index in [1.165, 1.54) is 54.8 Å². The van der Waals surface area contributed by atoms with Gasteiger partial charge in [-0.15, -0.1) is 0 Å². The Hall–Kier alpha value is -9.97. The van der Waals surface area contributed by atoms with Crippen molar-refractivity contribution in [3.8, 4) is 90.0 Å². The fraction of sp³-hybridized carbons (Fsp3) is 0. The number of para-hydroxylation sites is 3. The normalized spacial score (nSPS) is 11.5. The van der Waals surface area contributed by atoms with Crippen LogP contribution in [0.5, 0.6) is 0 Å². The lowest BCUT2D eigenvalue weighted by atomic mass is 9.95. The standard InChI is InChI=1S/C69H45N5/c1-4-17-46(18-5-1)53-39-41-65(74-64-30-15-12-27-59(64)61-45-54(40-42-66(61)74)47-19-6-2-7-20-47)60(44-53)50-35-31-48(32-36-50)49-33-37-52(38-34-49)68-70-67(51-21-8-3-9-22-51)71-69(72-68)55-23-16-24-56(43-55)73-62-28-13-10-25-57(62)58-26-11-14-29-63(58)73/h1-45H. The van der Waals surface area contributed by atoms with E-state index in [4.69, 9.17) is 15.0 Å². The SMILES string of the molecule is c1ccc(-c2ccc(-n3c4ccccc4c4cc(-c5ccccc5)ccc43)c(-c3ccc(-c4ccc(-c5nc(-c6ccccc6)nc(-c6cccc(-n7c8ccccc8c8ccccc87)c6)n5)cc4)cc3)c2)cc1. The van der Waals surface area contributed by atoms with Crippen LogP contribution in [-0.2, 0) is 0 Å². The van der Waals surface area contributed by atoms with Crippen molar-refractivity contribution in [1.82, 2.24) is 24.1 Å². The Kier molecular flexibility index (Phi) is 10.4. The van der Waals surface area contributed by atoms with Crippen molar-refractivity contribution in [3.63, 3.8) is 0 Å². The second-order valence-electron chi connectivity index (χ2n) is 18.8. The lowest BCUT2D eigenvalue weighted by Crippen LogP contribution is -2.01. The van der Waals surface area contributed by atoms with Gasteiger partial charge in [0.1, 0.15) is 0 Å². The Bertz CT molecular complexity index is 4330. The summed E-state index contributed by atoms with van der Waals surface area (Å²) in [5.41, 5.74) is 18.9. The van der Waals surface area contributed by atoms with Gasteiger partial charge in [0.2, 0.25) is 0 Å². The number of hydrogen-bond acceptors (Lipinski definition) is 3. The van der Waals surface area contributed by atoms with Crippen molar-refractivity contribution in [2.24, 2.45) is 0 Å². The minimum absolute atomic E-state index is 0.615. The first-order valence-corrected chi connectivity index (χ1v) is 25.1. The van der Waals surface area contributed by atoms with Gasteiger partial charge in [0.15, 0.2) is 17.5 Å². The van der Waals surface area contributed by atoms with Crippen LogP contribution in [0.25, 0.3) is 134 Å². The highest BCUT2D eigenvalue weighted by atomic mass is 15.0. The van der Waals surface area contributed by atoms with E-state index in [-0.39, 0.29) is 0 Å². The van der Waals surface area contributed by atoms with Gasteiger partial charge >= 0.3 is 0 Å². The molecular weight excluding hydrogens is 899 g/mol. The summed E-state index contributed by atoms with van der Waals surface area (Å²) in [6.07, 6.45) is 0. The van der Waals surface area contributed by atoms with Crippen LogP contribution in [0.1, 0.15) is 0 Å². The third-order valence-electron chi connectivity index (χ3n) is 14.4. The molecule has 0 aliphatic heterocycles. The first kappa shape index (κ1) is 42.9. The number of benzene rings is 11. The van der Waals surface area contributed by atoms with Crippen LogP contribution < -0.4 is 0 Å². The summed E-state index contributed by atoms with van der Waals surface area (Å²) in [6, 6.07) is 97.3. The number of nitrogens with zero attached hydrogens (tertiary/aromatic N) is 5. The van der Waals surface area contributed by atoms with Crippen molar-refractivity contribution < 1.29 is 0 Å². The van der Waals surface area contributed by atoms with E-state index in [2.05, 4.69) is 264 Å². The smallest absolute Gasteiger partial charge is 0.164 e. The van der Waals surface area contributed by atoms with E-state index >= 15 is 0 Å². The van der Waals surface area contributed by atoms with Gasteiger partial charge in [-0.05, 0) is 93.5 Å². The number of rotatable bonds is 9. The second-order valence-corrected chi connectivity index (χ2v) is 18.8. The maximum absolute atomic E-state index is 5.17. The van der Waals surface area contributed by atoms with Gasteiger partial charge in [-0.2, -0.15) is 0 Å². The molecule has 0 saturated carbocycles. The molecule has 0 bridgehead atoms. The van der Waals surface area contributed by atoms with Crippen LogP contribution in [0, 0.1) is 0 Å². The number of fused-ring (bicyclic) bond motifs is 6. The molecule has 14 aromatic rings. The summed E-state index contributed by atoms with van der Waals surface area (Å²) in [4.78, 5) is 15.4. The lowest BCUT2D eigenvalue weighted by Gasteiger charge is -2.17. The lowest BCUT2D eigenvalue weighted by molar-refractivity contribution is 1.07. The third kappa shape index (κ3) is 7.54. The minimum atomic E-state index is 0.615. The van der Waals surface area contributed by atoms with Crippen molar-refractivity contribution in [2.45, 2.75) is 0 Å². The highest BCUT2D eigenvalue weighted by Crippen LogP contribution is 2.41. The van der Waals surface area contributed by atoms with Crippen LogP contribution >= 0.6 is 0 Å². The van der Waals surface area contributed by atoms with E-state index in [1.54, 1.807) is 0 Å². The van der Waals surface area contributed by atoms with Gasteiger partial charge in [-0.1, -0.05) is 218 Å². The summed E-state index contributed by atoms with van der Waals surface area (Å²) in [6.45, 7) is 0. The fourth-order valence-corrected chi connectivity index (χ4v) is 10.8. The molecule has 0 saturated heterocycles. The summed E-state index contributed by atoms with van der Waals surface area (Å²) in [5, 5.41) is 4.90. The van der Waals surface area contributed by atoms with Crippen molar-refractivity contribution in [1.29, 1.82) is 0 Å². The Morgan fingerprint density at radius 2 is 0.595 bits per heavy atom. The number of hydrogen-bond donors (Lipinski definition) is 0. The molecule has 3 aromatic heterocycles. The molecule has 14 rings (SSSR count). The molecule has 0 fully saturated rings. The van der Waals surface area contributed by atoms with Crippen LogP contribution in [0.15, 0.2) is 273 Å². The van der Waals surface area contributed by atoms with Crippen LogP contribution in [0.3, 0.4) is 0 Å². The third-order valence-corrected chi connectivity index (χ3v) is 14.4. The zero-order chi connectivity index (χ0) is 49.0. The Balaban J connectivity index is 0.831. The molecule has 0 amide bonds. The predicted octanol–water partition coefficient (Wildman–Crippen LogP) is 17.7. The van der Waals surface area contributed by atoms with E-state index < -0.39 is 0 Å². The van der Waals surface area contributed by atoms with E-state index in [0.29, 0.717) is 17.5 Å². The van der Waals surface area contributed by atoms with E-state index in [9.17, 15) is 0 Å². The molecule has 0 aliphatic carbocycles. The quantitative estimate of drug-likeness (QED) is 0.145. The molecule has 11 aromatic carbocycles. The molecule has 5 nitrogen and oxygen atoms in total. The summed E-state index contributed by atoms with van der Waals surface area (Å²) >= 11 is 0. The maximum Gasteiger partial charge on any atom is 0.164 e.